The summed E-state index contributed by atoms with van der Waals surface area (Å²) in [6, 6.07) is 7.41. The van der Waals surface area contributed by atoms with Crippen molar-refractivity contribution in [3.63, 3.8) is 0 Å². The fraction of sp³-hybridized carbons (Fsp3) is 0.533. The second kappa shape index (κ2) is 6.72. The van der Waals surface area contributed by atoms with Gasteiger partial charge in [-0.15, -0.1) is 0 Å². The van der Waals surface area contributed by atoms with E-state index in [2.05, 4.69) is 12.2 Å². The molecule has 0 aliphatic carbocycles. The lowest BCUT2D eigenvalue weighted by Crippen LogP contribution is -2.49. The number of carbonyl (C=O) groups excluding carboxylic acids is 1. The average Bonchev–Trinajstić information content (AvgIpc) is 2.44. The Morgan fingerprint density at radius 2 is 2.20 bits per heavy atom. The number of carbonyl (C=O) groups is 1. The Bertz CT molecular complexity index is 464. The number of anilines is 1. The highest BCUT2D eigenvalue weighted by Gasteiger charge is 2.32. The highest BCUT2D eigenvalue weighted by Crippen LogP contribution is 2.33. The summed E-state index contributed by atoms with van der Waals surface area (Å²) in [5, 5.41) is 13.2. The van der Waals surface area contributed by atoms with Crippen molar-refractivity contribution in [3.05, 3.63) is 24.3 Å². The monoisotopic (exact) mass is 278 g/mol. The largest absolute Gasteiger partial charge is 0.479 e. The minimum absolute atomic E-state index is 0.113. The lowest BCUT2D eigenvalue weighted by atomic mass is 10.1. The molecule has 20 heavy (non-hydrogen) atoms. The van der Waals surface area contributed by atoms with Crippen LogP contribution in [-0.2, 0) is 4.79 Å². The van der Waals surface area contributed by atoms with E-state index in [0.29, 0.717) is 12.3 Å². The molecule has 0 aromatic heterocycles. The lowest BCUT2D eigenvalue weighted by Gasteiger charge is -2.34. The zero-order valence-electron chi connectivity index (χ0n) is 12.0. The molecule has 0 bridgehead atoms. The summed E-state index contributed by atoms with van der Waals surface area (Å²) in [6.45, 7) is 5.42. The number of aliphatic hydroxyl groups is 1. The Labute approximate surface area is 119 Å². The van der Waals surface area contributed by atoms with E-state index >= 15 is 0 Å². The number of amides is 1. The van der Waals surface area contributed by atoms with Crippen LogP contribution in [0, 0.1) is 0 Å². The maximum absolute atomic E-state index is 12.2. The molecule has 1 heterocycles. The molecule has 0 saturated carbocycles. The lowest BCUT2D eigenvalue weighted by molar-refractivity contribution is -0.125. The van der Waals surface area contributed by atoms with E-state index in [9.17, 15) is 9.90 Å². The molecule has 0 saturated heterocycles. The van der Waals surface area contributed by atoms with Gasteiger partial charge in [-0.2, -0.15) is 0 Å². The van der Waals surface area contributed by atoms with E-state index in [-0.39, 0.29) is 12.5 Å². The van der Waals surface area contributed by atoms with Crippen LogP contribution in [0.15, 0.2) is 24.3 Å². The molecule has 2 rings (SSSR count). The smallest absolute Gasteiger partial charge is 0.267 e. The molecule has 1 aliphatic rings. The third kappa shape index (κ3) is 3.29. The molecule has 2 atom stereocenters. The number of rotatable bonds is 6. The first-order valence-electron chi connectivity index (χ1n) is 7.09. The number of hydrogen-bond donors (Lipinski definition) is 2. The fourth-order valence-electron chi connectivity index (χ4n) is 2.27. The van der Waals surface area contributed by atoms with Crippen LogP contribution in [-0.4, -0.2) is 42.9 Å². The Morgan fingerprint density at radius 3 is 2.95 bits per heavy atom. The Balaban J connectivity index is 2.07. The maximum atomic E-state index is 12.2. The molecule has 5 nitrogen and oxygen atoms in total. The van der Waals surface area contributed by atoms with E-state index < -0.39 is 12.2 Å². The zero-order valence-corrected chi connectivity index (χ0v) is 12.0. The van der Waals surface area contributed by atoms with Crippen LogP contribution in [0.2, 0.25) is 0 Å². The van der Waals surface area contributed by atoms with Crippen molar-refractivity contribution in [1.82, 2.24) is 5.32 Å². The summed E-state index contributed by atoms with van der Waals surface area (Å²) in [4.78, 5) is 13.8. The molecular weight excluding hydrogens is 256 g/mol. The van der Waals surface area contributed by atoms with Gasteiger partial charge in [-0.1, -0.05) is 19.1 Å². The fourth-order valence-corrected chi connectivity index (χ4v) is 2.27. The highest BCUT2D eigenvalue weighted by atomic mass is 16.5. The molecule has 1 aromatic rings. The molecule has 5 heteroatoms. The molecule has 110 valence electrons. The summed E-state index contributed by atoms with van der Waals surface area (Å²) in [6.07, 6.45) is -0.0900. The minimum Gasteiger partial charge on any atom is -0.479 e. The van der Waals surface area contributed by atoms with Gasteiger partial charge in [0.25, 0.3) is 5.91 Å². The van der Waals surface area contributed by atoms with Crippen molar-refractivity contribution >= 4 is 11.6 Å². The Kier molecular flexibility index (Phi) is 4.98. The molecule has 1 amide bonds. The van der Waals surface area contributed by atoms with Gasteiger partial charge < -0.3 is 20.1 Å². The summed E-state index contributed by atoms with van der Waals surface area (Å²) < 4.78 is 5.57. The van der Waals surface area contributed by atoms with Crippen LogP contribution in [0.1, 0.15) is 20.3 Å². The van der Waals surface area contributed by atoms with Crippen molar-refractivity contribution in [2.45, 2.75) is 32.5 Å². The van der Waals surface area contributed by atoms with E-state index in [1.54, 1.807) is 11.8 Å². The SMILES string of the molecule is CCCNCC(O)CN1C(=O)C(C)Oc2ccccc21. The van der Waals surface area contributed by atoms with Crippen molar-refractivity contribution in [3.8, 4) is 5.75 Å². The summed E-state index contributed by atoms with van der Waals surface area (Å²) in [7, 11) is 0. The van der Waals surface area contributed by atoms with Gasteiger partial charge >= 0.3 is 0 Å². The number of fused-ring (bicyclic) bond motifs is 1. The number of β-amino-alcohol motifs (C(OH)–C–C–N with tert-alkyl or cyclic N) is 1. The van der Waals surface area contributed by atoms with Gasteiger partial charge in [-0.05, 0) is 32.0 Å². The first-order chi connectivity index (χ1) is 9.63. The second-order valence-corrected chi connectivity index (χ2v) is 5.03. The van der Waals surface area contributed by atoms with Gasteiger partial charge in [0, 0.05) is 6.54 Å². The molecule has 0 fully saturated rings. The van der Waals surface area contributed by atoms with Gasteiger partial charge in [-0.25, -0.2) is 0 Å². The first kappa shape index (κ1) is 14.8. The van der Waals surface area contributed by atoms with Crippen LogP contribution >= 0.6 is 0 Å². The molecular formula is C15H22N2O3. The van der Waals surface area contributed by atoms with Gasteiger partial charge in [0.2, 0.25) is 0 Å². The van der Waals surface area contributed by atoms with Crippen LogP contribution in [0.5, 0.6) is 5.75 Å². The number of hydrogen-bond acceptors (Lipinski definition) is 4. The van der Waals surface area contributed by atoms with Crippen LogP contribution in [0.4, 0.5) is 5.69 Å². The van der Waals surface area contributed by atoms with E-state index in [0.717, 1.165) is 18.7 Å². The Hall–Kier alpha value is -1.59. The molecule has 0 spiro atoms. The minimum atomic E-state index is -0.594. The second-order valence-electron chi connectivity index (χ2n) is 5.03. The van der Waals surface area contributed by atoms with E-state index in [1.807, 2.05) is 24.3 Å². The van der Waals surface area contributed by atoms with Crippen LogP contribution < -0.4 is 15.0 Å². The van der Waals surface area contributed by atoms with E-state index in [1.165, 1.54) is 0 Å². The molecule has 2 N–H and O–H groups in total. The predicted octanol–water partition coefficient (Wildman–Crippen LogP) is 1.16. The van der Waals surface area contributed by atoms with Crippen molar-refractivity contribution < 1.29 is 14.6 Å². The quantitative estimate of drug-likeness (QED) is 0.767. The number of aliphatic hydroxyl groups excluding tert-OH is 1. The molecule has 0 radical (unpaired) electrons. The van der Waals surface area contributed by atoms with Gasteiger partial charge in [0.15, 0.2) is 6.10 Å². The van der Waals surface area contributed by atoms with Crippen molar-refractivity contribution in [2.24, 2.45) is 0 Å². The topological polar surface area (TPSA) is 61.8 Å². The average molecular weight is 278 g/mol. The first-order valence-corrected chi connectivity index (χ1v) is 7.09. The van der Waals surface area contributed by atoms with Gasteiger partial charge in [-0.3, -0.25) is 4.79 Å². The standard InChI is InChI=1S/C15H22N2O3/c1-3-8-16-9-12(18)10-17-13-6-4-5-7-14(13)20-11(2)15(17)19/h4-7,11-12,16,18H,3,8-10H2,1-2H3. The third-order valence-corrected chi connectivity index (χ3v) is 3.27. The highest BCUT2D eigenvalue weighted by molar-refractivity contribution is 5.99. The summed E-state index contributed by atoms with van der Waals surface area (Å²) in [5.41, 5.74) is 0.727. The number of nitrogens with one attached hydrogen (secondary N) is 1. The Morgan fingerprint density at radius 1 is 1.45 bits per heavy atom. The molecule has 1 aliphatic heterocycles. The summed E-state index contributed by atoms with van der Waals surface area (Å²) in [5.74, 6) is 0.576. The number of nitrogens with zero attached hydrogens (tertiary/aromatic N) is 1. The van der Waals surface area contributed by atoms with E-state index in [4.69, 9.17) is 4.74 Å². The van der Waals surface area contributed by atoms with Gasteiger partial charge in [0.05, 0.1) is 18.3 Å². The molecule has 2 unspecified atom stereocenters. The number of benzene rings is 1. The summed E-state index contributed by atoms with van der Waals surface area (Å²) >= 11 is 0. The number of para-hydroxylation sites is 2. The van der Waals surface area contributed by atoms with Crippen molar-refractivity contribution in [2.75, 3.05) is 24.5 Å². The third-order valence-electron chi connectivity index (χ3n) is 3.27. The van der Waals surface area contributed by atoms with Gasteiger partial charge in [0.1, 0.15) is 5.75 Å². The van der Waals surface area contributed by atoms with Crippen LogP contribution in [0.3, 0.4) is 0 Å². The maximum Gasteiger partial charge on any atom is 0.267 e. The van der Waals surface area contributed by atoms with Crippen LogP contribution in [0.25, 0.3) is 0 Å². The zero-order chi connectivity index (χ0) is 14.5. The molecule has 1 aromatic carbocycles. The number of ether oxygens (including phenoxy) is 1. The van der Waals surface area contributed by atoms with Crippen molar-refractivity contribution in [1.29, 1.82) is 0 Å². The normalized spacial score (nSPS) is 19.4. The predicted molar refractivity (Wildman–Crippen MR) is 78.1 cm³/mol.